The third kappa shape index (κ3) is 3.92. The Morgan fingerprint density at radius 3 is 3.00 bits per heavy atom. The average molecular weight is 182 g/mol. The van der Waals surface area contributed by atoms with E-state index in [-0.39, 0.29) is 0 Å². The molecule has 0 heterocycles. The summed E-state index contributed by atoms with van der Waals surface area (Å²) in [7, 11) is 2.17. The van der Waals surface area contributed by atoms with Gasteiger partial charge < -0.3 is 5.73 Å². The van der Waals surface area contributed by atoms with Crippen molar-refractivity contribution in [3.63, 3.8) is 0 Å². The normalized spacial score (nSPS) is 26.8. The van der Waals surface area contributed by atoms with E-state index in [1.54, 1.807) is 0 Å². The van der Waals surface area contributed by atoms with Crippen molar-refractivity contribution in [2.45, 2.75) is 38.1 Å². The molecule has 1 aliphatic rings. The molecule has 13 heavy (non-hydrogen) atoms. The van der Waals surface area contributed by atoms with Crippen LogP contribution in [0.4, 0.5) is 0 Å². The molecule has 2 nitrogen and oxygen atoms in total. The number of hydrogen-bond acceptors (Lipinski definition) is 2. The summed E-state index contributed by atoms with van der Waals surface area (Å²) in [6, 6.07) is 0.629. The summed E-state index contributed by atoms with van der Waals surface area (Å²) >= 11 is 0. The number of allylic oxidation sites excluding steroid dienone is 1. The van der Waals surface area contributed by atoms with E-state index in [2.05, 4.69) is 24.1 Å². The molecule has 0 aromatic carbocycles. The molecule has 0 aromatic rings. The fourth-order valence-corrected chi connectivity index (χ4v) is 1.88. The molecule has 0 saturated heterocycles. The molecule has 1 rings (SSSR count). The zero-order chi connectivity index (χ0) is 9.52. The Bertz CT molecular complexity index is 154. The second kappa shape index (κ2) is 6.17. The van der Waals surface area contributed by atoms with Gasteiger partial charge in [-0.15, -0.1) is 0 Å². The van der Waals surface area contributed by atoms with Crippen molar-refractivity contribution in [1.29, 1.82) is 0 Å². The Kier molecular flexibility index (Phi) is 5.09. The Hall–Kier alpha value is -0.340. The molecule has 0 spiro atoms. The smallest absolute Gasteiger partial charge is 0.0275 e. The number of likely N-dealkylation sites (N-methyl/N-ethyl adjacent to an activating group) is 1. The second-order valence-electron chi connectivity index (χ2n) is 3.90. The van der Waals surface area contributed by atoms with Crippen molar-refractivity contribution >= 4 is 0 Å². The van der Waals surface area contributed by atoms with E-state index in [4.69, 9.17) is 5.73 Å². The summed E-state index contributed by atoms with van der Waals surface area (Å²) in [4.78, 5) is 2.36. The van der Waals surface area contributed by atoms with Gasteiger partial charge in [-0.25, -0.2) is 0 Å². The van der Waals surface area contributed by atoms with Gasteiger partial charge in [-0.05, 0) is 26.3 Å². The molecule has 0 bridgehead atoms. The molecule has 0 saturated carbocycles. The Balaban J connectivity index is 2.39. The molecule has 0 amide bonds. The molecule has 2 heteroatoms. The van der Waals surface area contributed by atoms with Gasteiger partial charge in [0.05, 0.1) is 0 Å². The van der Waals surface area contributed by atoms with Crippen LogP contribution in [0.1, 0.15) is 32.1 Å². The van der Waals surface area contributed by atoms with Crippen LogP contribution in [0.15, 0.2) is 12.2 Å². The van der Waals surface area contributed by atoms with E-state index in [0.717, 1.165) is 13.1 Å². The largest absolute Gasteiger partial charge is 0.329 e. The van der Waals surface area contributed by atoms with Gasteiger partial charge in [0.15, 0.2) is 0 Å². The van der Waals surface area contributed by atoms with Gasteiger partial charge in [-0.3, -0.25) is 4.90 Å². The first-order valence-electron chi connectivity index (χ1n) is 5.41. The SMILES string of the molecule is CN(CCN)C1/C=C\CCCCC1. The van der Waals surface area contributed by atoms with Gasteiger partial charge >= 0.3 is 0 Å². The highest BCUT2D eigenvalue weighted by Gasteiger charge is 2.11. The molecule has 1 unspecified atom stereocenters. The fourth-order valence-electron chi connectivity index (χ4n) is 1.88. The van der Waals surface area contributed by atoms with Gasteiger partial charge in [-0.1, -0.05) is 25.0 Å². The van der Waals surface area contributed by atoms with E-state index in [9.17, 15) is 0 Å². The Labute approximate surface area is 81.8 Å². The molecule has 1 aliphatic carbocycles. The van der Waals surface area contributed by atoms with Crippen molar-refractivity contribution in [1.82, 2.24) is 4.90 Å². The highest BCUT2D eigenvalue weighted by Crippen LogP contribution is 2.14. The zero-order valence-corrected chi connectivity index (χ0v) is 8.71. The summed E-state index contributed by atoms with van der Waals surface area (Å²) in [6.07, 6.45) is 11.4. The third-order valence-corrected chi connectivity index (χ3v) is 2.78. The number of nitrogens with two attached hydrogens (primary N) is 1. The first kappa shape index (κ1) is 10.7. The summed E-state index contributed by atoms with van der Waals surface area (Å²) in [5.74, 6) is 0. The summed E-state index contributed by atoms with van der Waals surface area (Å²) in [6.45, 7) is 1.77. The summed E-state index contributed by atoms with van der Waals surface area (Å²) in [5, 5.41) is 0. The molecule has 76 valence electrons. The van der Waals surface area contributed by atoms with Crippen LogP contribution in [0, 0.1) is 0 Å². The summed E-state index contributed by atoms with van der Waals surface area (Å²) in [5.41, 5.74) is 5.54. The lowest BCUT2D eigenvalue weighted by molar-refractivity contribution is 0.270. The van der Waals surface area contributed by atoms with E-state index in [1.165, 1.54) is 32.1 Å². The minimum atomic E-state index is 0.629. The maximum atomic E-state index is 5.54. The number of rotatable bonds is 3. The van der Waals surface area contributed by atoms with Crippen LogP contribution in [0.25, 0.3) is 0 Å². The highest BCUT2D eigenvalue weighted by atomic mass is 15.1. The first-order valence-corrected chi connectivity index (χ1v) is 5.41. The molecule has 2 N–H and O–H groups in total. The van der Waals surface area contributed by atoms with E-state index in [1.807, 2.05) is 0 Å². The Morgan fingerprint density at radius 2 is 2.23 bits per heavy atom. The minimum absolute atomic E-state index is 0.629. The van der Waals surface area contributed by atoms with Crippen LogP contribution >= 0.6 is 0 Å². The average Bonchev–Trinajstić information content (AvgIpc) is 2.03. The predicted octanol–water partition coefficient (Wildman–Crippen LogP) is 1.77. The fraction of sp³-hybridized carbons (Fsp3) is 0.818. The van der Waals surface area contributed by atoms with Crippen molar-refractivity contribution in [2.24, 2.45) is 5.73 Å². The topological polar surface area (TPSA) is 29.3 Å². The first-order chi connectivity index (χ1) is 6.34. The van der Waals surface area contributed by atoms with Crippen LogP contribution in [-0.2, 0) is 0 Å². The van der Waals surface area contributed by atoms with Gasteiger partial charge in [-0.2, -0.15) is 0 Å². The van der Waals surface area contributed by atoms with Crippen LogP contribution in [0.3, 0.4) is 0 Å². The van der Waals surface area contributed by atoms with Crippen molar-refractivity contribution < 1.29 is 0 Å². The lowest BCUT2D eigenvalue weighted by Gasteiger charge is -2.26. The maximum absolute atomic E-state index is 5.54. The van der Waals surface area contributed by atoms with Crippen LogP contribution < -0.4 is 5.73 Å². The zero-order valence-electron chi connectivity index (χ0n) is 8.71. The molecule has 0 aromatic heterocycles. The standard InChI is InChI=1S/C11H22N2/c1-13(10-9-12)11-7-5-3-2-4-6-8-11/h5,7,11H,2-4,6,8-10,12H2,1H3/b7-5-. The van der Waals surface area contributed by atoms with Crippen molar-refractivity contribution in [2.75, 3.05) is 20.1 Å². The van der Waals surface area contributed by atoms with Crippen molar-refractivity contribution in [3.05, 3.63) is 12.2 Å². The van der Waals surface area contributed by atoms with Crippen LogP contribution in [-0.4, -0.2) is 31.1 Å². The molecule has 0 radical (unpaired) electrons. The van der Waals surface area contributed by atoms with Crippen LogP contribution in [0.2, 0.25) is 0 Å². The number of hydrogen-bond donors (Lipinski definition) is 1. The Morgan fingerprint density at radius 1 is 1.38 bits per heavy atom. The highest BCUT2D eigenvalue weighted by molar-refractivity contribution is 4.95. The van der Waals surface area contributed by atoms with Gasteiger partial charge in [0.25, 0.3) is 0 Å². The molecular weight excluding hydrogens is 160 g/mol. The lowest BCUT2D eigenvalue weighted by atomic mass is 10.0. The summed E-state index contributed by atoms with van der Waals surface area (Å²) < 4.78 is 0. The predicted molar refractivity (Wildman–Crippen MR) is 57.7 cm³/mol. The van der Waals surface area contributed by atoms with Gasteiger partial charge in [0.2, 0.25) is 0 Å². The quantitative estimate of drug-likeness (QED) is 0.674. The maximum Gasteiger partial charge on any atom is 0.0275 e. The molecule has 0 fully saturated rings. The molecule has 0 aliphatic heterocycles. The minimum Gasteiger partial charge on any atom is -0.329 e. The van der Waals surface area contributed by atoms with Gasteiger partial charge in [0, 0.05) is 19.1 Å². The van der Waals surface area contributed by atoms with Crippen molar-refractivity contribution in [3.8, 4) is 0 Å². The second-order valence-corrected chi connectivity index (χ2v) is 3.90. The van der Waals surface area contributed by atoms with Crippen LogP contribution in [0.5, 0.6) is 0 Å². The molecular formula is C11H22N2. The van der Waals surface area contributed by atoms with E-state index < -0.39 is 0 Å². The number of nitrogens with zero attached hydrogens (tertiary/aromatic N) is 1. The van der Waals surface area contributed by atoms with E-state index in [0.29, 0.717) is 6.04 Å². The van der Waals surface area contributed by atoms with Gasteiger partial charge in [0.1, 0.15) is 0 Å². The lowest BCUT2D eigenvalue weighted by Crippen LogP contribution is -2.34. The molecule has 1 atom stereocenters. The third-order valence-electron chi connectivity index (χ3n) is 2.78. The van der Waals surface area contributed by atoms with E-state index >= 15 is 0 Å². The monoisotopic (exact) mass is 182 g/mol.